The average molecular weight is 263 g/mol. The van der Waals surface area contributed by atoms with Gasteiger partial charge in [0.15, 0.2) is 0 Å². The molecule has 0 spiro atoms. The van der Waals surface area contributed by atoms with Gasteiger partial charge in [0, 0.05) is 6.04 Å². The molecule has 1 aromatic rings. The number of likely N-dealkylation sites (tertiary alicyclic amines) is 1. The van der Waals surface area contributed by atoms with Gasteiger partial charge in [0.1, 0.15) is 5.75 Å². The predicted octanol–water partition coefficient (Wildman–Crippen LogP) is 2.99. The molecular weight excluding hydrogens is 238 g/mol. The highest BCUT2D eigenvalue weighted by Gasteiger charge is 2.18. The third-order valence-corrected chi connectivity index (χ3v) is 3.98. The van der Waals surface area contributed by atoms with E-state index in [0.717, 1.165) is 24.3 Å². The van der Waals surface area contributed by atoms with Crippen LogP contribution in [0.15, 0.2) is 24.3 Å². The van der Waals surface area contributed by atoms with Crippen LogP contribution in [0.4, 0.5) is 0 Å². The largest absolute Gasteiger partial charge is 0.494 e. The van der Waals surface area contributed by atoms with Gasteiger partial charge in [0.05, 0.1) is 12.7 Å². The lowest BCUT2D eigenvalue weighted by Gasteiger charge is -2.32. The molecule has 19 heavy (non-hydrogen) atoms. The molecule has 1 aliphatic rings. The smallest absolute Gasteiger partial charge is 0.119 e. The van der Waals surface area contributed by atoms with Crippen LogP contribution in [0.3, 0.4) is 0 Å². The van der Waals surface area contributed by atoms with Gasteiger partial charge in [-0.1, -0.05) is 18.6 Å². The number of hydrogen-bond acceptors (Lipinski definition) is 3. The van der Waals surface area contributed by atoms with Crippen LogP contribution in [-0.4, -0.2) is 36.2 Å². The summed E-state index contributed by atoms with van der Waals surface area (Å²) in [5.41, 5.74) is 0.910. The molecule has 1 aromatic carbocycles. The lowest BCUT2D eigenvalue weighted by atomic mass is 10.0. The number of piperidine rings is 1. The molecule has 106 valence electrons. The van der Waals surface area contributed by atoms with E-state index in [1.165, 1.54) is 25.8 Å². The number of hydrogen-bond donors (Lipinski definition) is 1. The summed E-state index contributed by atoms with van der Waals surface area (Å²) in [6.45, 7) is 3.73. The zero-order valence-corrected chi connectivity index (χ0v) is 12.0. The monoisotopic (exact) mass is 263 g/mol. The summed E-state index contributed by atoms with van der Waals surface area (Å²) in [7, 11) is 2.21. The minimum atomic E-state index is -0.437. The second-order valence-corrected chi connectivity index (χ2v) is 5.52. The molecule has 3 heteroatoms. The van der Waals surface area contributed by atoms with Gasteiger partial charge in [0.25, 0.3) is 0 Å². The number of rotatable bonds is 5. The fourth-order valence-corrected chi connectivity index (χ4v) is 2.69. The van der Waals surface area contributed by atoms with E-state index in [4.69, 9.17) is 4.74 Å². The molecule has 1 fully saturated rings. The standard InChI is InChI=1S/C16H25NO2/c1-13(18)14-6-5-8-16(12-14)19-11-9-15-7-3-4-10-17(15)2/h5-6,8,12-13,15,18H,3-4,7,9-11H2,1-2H3. The zero-order valence-electron chi connectivity index (χ0n) is 12.0. The summed E-state index contributed by atoms with van der Waals surface area (Å²) in [6, 6.07) is 8.40. The molecule has 0 bridgehead atoms. The molecule has 2 rings (SSSR count). The fraction of sp³-hybridized carbons (Fsp3) is 0.625. The molecule has 1 heterocycles. The van der Waals surface area contributed by atoms with Gasteiger partial charge in [-0.05, 0) is 57.5 Å². The summed E-state index contributed by atoms with van der Waals surface area (Å²) < 4.78 is 5.81. The highest BCUT2D eigenvalue weighted by molar-refractivity contribution is 5.29. The van der Waals surface area contributed by atoms with E-state index in [1.54, 1.807) is 6.92 Å². The third-order valence-electron chi connectivity index (χ3n) is 3.98. The van der Waals surface area contributed by atoms with E-state index < -0.39 is 6.10 Å². The van der Waals surface area contributed by atoms with Crippen LogP contribution < -0.4 is 4.74 Å². The molecule has 1 N–H and O–H groups in total. The molecule has 0 amide bonds. The Hall–Kier alpha value is -1.06. The zero-order chi connectivity index (χ0) is 13.7. The number of aliphatic hydroxyl groups is 1. The summed E-state index contributed by atoms with van der Waals surface area (Å²) in [6.07, 6.45) is 4.59. The molecule has 1 aliphatic heterocycles. The van der Waals surface area contributed by atoms with Crippen molar-refractivity contribution in [3.05, 3.63) is 29.8 Å². The Bertz CT molecular complexity index is 392. The minimum Gasteiger partial charge on any atom is -0.494 e. The van der Waals surface area contributed by atoms with Crippen molar-refractivity contribution in [3.8, 4) is 5.75 Å². The average Bonchev–Trinajstić information content (AvgIpc) is 2.41. The molecule has 0 aromatic heterocycles. The van der Waals surface area contributed by atoms with Crippen LogP contribution in [0.2, 0.25) is 0 Å². The van der Waals surface area contributed by atoms with E-state index in [2.05, 4.69) is 11.9 Å². The maximum absolute atomic E-state index is 9.55. The van der Waals surface area contributed by atoms with Gasteiger partial charge in [-0.3, -0.25) is 0 Å². The molecule has 0 saturated carbocycles. The topological polar surface area (TPSA) is 32.7 Å². The molecular formula is C16H25NO2. The van der Waals surface area contributed by atoms with Crippen molar-refractivity contribution in [2.75, 3.05) is 20.2 Å². The van der Waals surface area contributed by atoms with Gasteiger partial charge >= 0.3 is 0 Å². The highest BCUT2D eigenvalue weighted by Crippen LogP contribution is 2.21. The van der Waals surface area contributed by atoms with Crippen LogP contribution in [-0.2, 0) is 0 Å². The first kappa shape index (κ1) is 14.4. The number of benzene rings is 1. The Morgan fingerprint density at radius 3 is 3.00 bits per heavy atom. The van der Waals surface area contributed by atoms with Gasteiger partial charge < -0.3 is 14.7 Å². The molecule has 1 saturated heterocycles. The van der Waals surface area contributed by atoms with E-state index in [1.807, 2.05) is 24.3 Å². The van der Waals surface area contributed by atoms with Crippen LogP contribution in [0.25, 0.3) is 0 Å². The van der Waals surface area contributed by atoms with Crippen molar-refractivity contribution in [2.24, 2.45) is 0 Å². The Morgan fingerprint density at radius 1 is 1.42 bits per heavy atom. The molecule has 3 nitrogen and oxygen atoms in total. The van der Waals surface area contributed by atoms with Crippen molar-refractivity contribution < 1.29 is 9.84 Å². The van der Waals surface area contributed by atoms with Gasteiger partial charge in [-0.2, -0.15) is 0 Å². The van der Waals surface area contributed by atoms with Crippen LogP contribution in [0, 0.1) is 0 Å². The van der Waals surface area contributed by atoms with E-state index in [0.29, 0.717) is 6.04 Å². The van der Waals surface area contributed by atoms with Gasteiger partial charge in [-0.15, -0.1) is 0 Å². The number of aliphatic hydroxyl groups excluding tert-OH is 1. The van der Waals surface area contributed by atoms with Crippen molar-refractivity contribution >= 4 is 0 Å². The van der Waals surface area contributed by atoms with E-state index >= 15 is 0 Å². The Balaban J connectivity index is 1.80. The van der Waals surface area contributed by atoms with Crippen LogP contribution in [0.5, 0.6) is 5.75 Å². The second-order valence-electron chi connectivity index (χ2n) is 5.52. The lowest BCUT2D eigenvalue weighted by molar-refractivity contribution is 0.153. The summed E-state index contributed by atoms with van der Waals surface area (Å²) in [5, 5.41) is 9.55. The predicted molar refractivity (Wildman–Crippen MR) is 77.5 cm³/mol. The Morgan fingerprint density at radius 2 is 2.26 bits per heavy atom. The maximum Gasteiger partial charge on any atom is 0.119 e. The summed E-state index contributed by atoms with van der Waals surface area (Å²) in [4.78, 5) is 2.44. The summed E-state index contributed by atoms with van der Waals surface area (Å²) >= 11 is 0. The van der Waals surface area contributed by atoms with Gasteiger partial charge in [-0.25, -0.2) is 0 Å². The minimum absolute atomic E-state index is 0.437. The Kier molecular flexibility index (Phi) is 5.23. The van der Waals surface area contributed by atoms with Crippen molar-refractivity contribution in [1.82, 2.24) is 4.90 Å². The molecule has 2 unspecified atom stereocenters. The van der Waals surface area contributed by atoms with E-state index in [9.17, 15) is 5.11 Å². The fourth-order valence-electron chi connectivity index (χ4n) is 2.69. The van der Waals surface area contributed by atoms with Crippen molar-refractivity contribution in [1.29, 1.82) is 0 Å². The molecule has 0 aliphatic carbocycles. The van der Waals surface area contributed by atoms with Crippen molar-refractivity contribution in [2.45, 2.75) is 44.8 Å². The number of ether oxygens (including phenoxy) is 1. The molecule has 2 atom stereocenters. The first-order valence-electron chi connectivity index (χ1n) is 7.28. The maximum atomic E-state index is 9.55. The first-order chi connectivity index (χ1) is 9.16. The lowest BCUT2D eigenvalue weighted by Crippen LogP contribution is -2.37. The first-order valence-corrected chi connectivity index (χ1v) is 7.28. The van der Waals surface area contributed by atoms with Crippen molar-refractivity contribution in [3.63, 3.8) is 0 Å². The summed E-state index contributed by atoms with van der Waals surface area (Å²) in [5.74, 6) is 0.858. The SMILES string of the molecule is CC(O)c1cccc(OCCC2CCCCN2C)c1. The van der Waals surface area contributed by atoms with Crippen LogP contribution in [0.1, 0.15) is 44.3 Å². The molecule has 0 radical (unpaired) electrons. The highest BCUT2D eigenvalue weighted by atomic mass is 16.5. The third kappa shape index (κ3) is 4.22. The Labute approximate surface area is 116 Å². The number of nitrogens with zero attached hydrogens (tertiary/aromatic N) is 1. The van der Waals surface area contributed by atoms with Gasteiger partial charge in [0.2, 0.25) is 0 Å². The quantitative estimate of drug-likeness (QED) is 0.886. The van der Waals surface area contributed by atoms with E-state index in [-0.39, 0.29) is 0 Å². The normalized spacial score (nSPS) is 22.2. The van der Waals surface area contributed by atoms with Crippen LogP contribution >= 0.6 is 0 Å². The second kappa shape index (κ2) is 6.92.